The van der Waals surface area contributed by atoms with Crippen LogP contribution < -0.4 is 5.32 Å². The summed E-state index contributed by atoms with van der Waals surface area (Å²) < 4.78 is 0. The van der Waals surface area contributed by atoms with E-state index in [9.17, 15) is 9.59 Å². The molecule has 1 unspecified atom stereocenters. The number of hydrogen-bond acceptors (Lipinski definition) is 2. The molecule has 1 amide bonds. The predicted octanol–water partition coefficient (Wildman–Crippen LogP) is 3.43. The lowest BCUT2D eigenvalue weighted by molar-refractivity contribution is -0.138. The van der Waals surface area contributed by atoms with Crippen LogP contribution in [0.25, 0.3) is 0 Å². The first-order chi connectivity index (χ1) is 9.61. The van der Waals surface area contributed by atoms with E-state index in [2.05, 4.69) is 19.2 Å². The average Bonchev–Trinajstić information content (AvgIpc) is 2.36. The second-order valence-electron chi connectivity index (χ2n) is 6.77. The molecule has 4 heteroatoms. The highest BCUT2D eigenvalue weighted by atomic mass is 16.4. The summed E-state index contributed by atoms with van der Waals surface area (Å²) in [5.41, 5.74) is 1.41. The number of carbonyl (C=O) groups is 2. The van der Waals surface area contributed by atoms with Crippen molar-refractivity contribution in [2.24, 2.45) is 5.41 Å². The van der Waals surface area contributed by atoms with Crippen molar-refractivity contribution in [2.45, 2.75) is 53.0 Å². The summed E-state index contributed by atoms with van der Waals surface area (Å²) in [7, 11) is 0. The van der Waals surface area contributed by atoms with Gasteiger partial charge >= 0.3 is 5.97 Å². The Morgan fingerprint density at radius 2 is 1.67 bits per heavy atom. The van der Waals surface area contributed by atoms with E-state index in [0.29, 0.717) is 11.5 Å². The molecule has 2 N–H and O–H groups in total. The minimum atomic E-state index is -0.912. The second kappa shape index (κ2) is 6.74. The fourth-order valence-corrected chi connectivity index (χ4v) is 2.01. The lowest BCUT2D eigenvalue weighted by Gasteiger charge is -2.30. The molecule has 1 aromatic rings. The maximum atomic E-state index is 12.3. The van der Waals surface area contributed by atoms with Crippen LogP contribution in [0.2, 0.25) is 0 Å². The highest BCUT2D eigenvalue weighted by Crippen LogP contribution is 2.22. The van der Waals surface area contributed by atoms with E-state index in [-0.39, 0.29) is 17.7 Å². The molecule has 0 radical (unpaired) electrons. The van der Waals surface area contributed by atoms with Crippen molar-refractivity contribution < 1.29 is 14.7 Å². The lowest BCUT2D eigenvalue weighted by atomic mass is 9.84. The first-order valence-corrected chi connectivity index (χ1v) is 7.24. The molecule has 0 saturated heterocycles. The molecule has 0 aliphatic rings. The molecule has 0 saturated carbocycles. The molecule has 4 nitrogen and oxygen atoms in total. The predicted molar refractivity (Wildman–Crippen MR) is 83.5 cm³/mol. The standard InChI is InChI=1S/C17H25NO3/c1-11(2)12-6-8-13(9-7-12)16(21)18-14(10-15(19)20)17(3,4)5/h6-9,11,14H,10H2,1-5H3,(H,18,21)(H,19,20). The van der Waals surface area contributed by atoms with Gasteiger partial charge in [-0.25, -0.2) is 0 Å². The molecule has 0 bridgehead atoms. The van der Waals surface area contributed by atoms with E-state index in [1.807, 2.05) is 32.9 Å². The van der Waals surface area contributed by atoms with Gasteiger partial charge in [-0.3, -0.25) is 9.59 Å². The van der Waals surface area contributed by atoms with E-state index in [1.54, 1.807) is 12.1 Å². The summed E-state index contributed by atoms with van der Waals surface area (Å²) >= 11 is 0. The summed E-state index contributed by atoms with van der Waals surface area (Å²) in [5.74, 6) is -0.728. The van der Waals surface area contributed by atoms with Gasteiger partial charge in [0.1, 0.15) is 0 Å². The highest BCUT2D eigenvalue weighted by Gasteiger charge is 2.28. The number of carboxylic acid groups (broad SMARTS) is 1. The van der Waals surface area contributed by atoms with E-state index >= 15 is 0 Å². The fourth-order valence-electron chi connectivity index (χ4n) is 2.01. The largest absolute Gasteiger partial charge is 0.481 e. The number of amides is 1. The number of carbonyl (C=O) groups excluding carboxylic acids is 1. The quantitative estimate of drug-likeness (QED) is 0.873. The maximum absolute atomic E-state index is 12.3. The molecule has 0 heterocycles. The van der Waals surface area contributed by atoms with Crippen LogP contribution in [0.4, 0.5) is 0 Å². The molecule has 0 aliphatic heterocycles. The smallest absolute Gasteiger partial charge is 0.305 e. The van der Waals surface area contributed by atoms with Gasteiger partial charge in [-0.05, 0) is 29.0 Å². The van der Waals surface area contributed by atoms with Crippen LogP contribution in [0, 0.1) is 5.41 Å². The highest BCUT2D eigenvalue weighted by molar-refractivity contribution is 5.94. The van der Waals surface area contributed by atoms with Gasteiger partial charge in [0, 0.05) is 11.6 Å². The van der Waals surface area contributed by atoms with Crippen molar-refractivity contribution in [1.82, 2.24) is 5.32 Å². The third-order valence-corrected chi connectivity index (χ3v) is 3.57. The number of nitrogens with one attached hydrogen (secondary N) is 1. The summed E-state index contributed by atoms with van der Waals surface area (Å²) in [4.78, 5) is 23.2. The van der Waals surface area contributed by atoms with E-state index in [4.69, 9.17) is 5.11 Å². The number of benzene rings is 1. The van der Waals surface area contributed by atoms with Gasteiger partial charge in [0.2, 0.25) is 0 Å². The molecular weight excluding hydrogens is 266 g/mol. The number of aliphatic carboxylic acids is 1. The zero-order chi connectivity index (χ0) is 16.2. The van der Waals surface area contributed by atoms with Crippen LogP contribution >= 0.6 is 0 Å². The van der Waals surface area contributed by atoms with Crippen molar-refractivity contribution in [3.05, 3.63) is 35.4 Å². The summed E-state index contributed by atoms with van der Waals surface area (Å²) in [5, 5.41) is 11.8. The topological polar surface area (TPSA) is 66.4 Å². The van der Waals surface area contributed by atoms with Gasteiger partial charge in [-0.15, -0.1) is 0 Å². The van der Waals surface area contributed by atoms with Gasteiger partial charge in [0.15, 0.2) is 0 Å². The van der Waals surface area contributed by atoms with Gasteiger partial charge in [0.25, 0.3) is 5.91 Å². The Kier molecular flexibility index (Phi) is 5.53. The number of rotatable bonds is 5. The molecule has 21 heavy (non-hydrogen) atoms. The molecule has 1 rings (SSSR count). The van der Waals surface area contributed by atoms with Crippen molar-refractivity contribution in [2.75, 3.05) is 0 Å². The molecule has 0 spiro atoms. The molecule has 1 atom stereocenters. The SMILES string of the molecule is CC(C)c1ccc(C(=O)NC(CC(=O)O)C(C)(C)C)cc1. The minimum Gasteiger partial charge on any atom is -0.481 e. The Balaban J connectivity index is 2.84. The Bertz CT molecular complexity index is 498. The van der Waals surface area contributed by atoms with Gasteiger partial charge < -0.3 is 10.4 Å². The fraction of sp³-hybridized carbons (Fsp3) is 0.529. The van der Waals surface area contributed by atoms with Crippen LogP contribution in [0.5, 0.6) is 0 Å². The van der Waals surface area contributed by atoms with Crippen LogP contribution in [0.3, 0.4) is 0 Å². The molecule has 0 fully saturated rings. The average molecular weight is 291 g/mol. The lowest BCUT2D eigenvalue weighted by Crippen LogP contribution is -2.45. The summed E-state index contributed by atoms with van der Waals surface area (Å²) in [6, 6.07) is 7.02. The Morgan fingerprint density at radius 3 is 2.05 bits per heavy atom. The van der Waals surface area contributed by atoms with Crippen LogP contribution in [0.1, 0.15) is 62.9 Å². The zero-order valence-corrected chi connectivity index (χ0v) is 13.4. The number of hydrogen-bond donors (Lipinski definition) is 2. The molecule has 0 aromatic heterocycles. The van der Waals surface area contributed by atoms with Crippen LogP contribution in [-0.2, 0) is 4.79 Å². The monoisotopic (exact) mass is 291 g/mol. The molecular formula is C17H25NO3. The summed E-state index contributed by atoms with van der Waals surface area (Å²) in [6.45, 7) is 9.95. The minimum absolute atomic E-state index is 0.0840. The Morgan fingerprint density at radius 1 is 1.14 bits per heavy atom. The Hall–Kier alpha value is -1.84. The normalized spacial score (nSPS) is 13.0. The first-order valence-electron chi connectivity index (χ1n) is 7.24. The van der Waals surface area contributed by atoms with E-state index in [1.165, 1.54) is 5.56 Å². The van der Waals surface area contributed by atoms with Gasteiger partial charge in [-0.2, -0.15) is 0 Å². The molecule has 0 aliphatic carbocycles. The second-order valence-corrected chi connectivity index (χ2v) is 6.77. The van der Waals surface area contributed by atoms with Crippen molar-refractivity contribution in [3.8, 4) is 0 Å². The maximum Gasteiger partial charge on any atom is 0.305 e. The molecule has 1 aromatic carbocycles. The van der Waals surface area contributed by atoms with Crippen molar-refractivity contribution in [1.29, 1.82) is 0 Å². The van der Waals surface area contributed by atoms with Gasteiger partial charge in [0.05, 0.1) is 6.42 Å². The summed E-state index contributed by atoms with van der Waals surface area (Å²) in [6.07, 6.45) is -0.0840. The molecule has 116 valence electrons. The third-order valence-electron chi connectivity index (χ3n) is 3.57. The van der Waals surface area contributed by atoms with Crippen molar-refractivity contribution >= 4 is 11.9 Å². The van der Waals surface area contributed by atoms with E-state index < -0.39 is 12.0 Å². The van der Waals surface area contributed by atoms with Crippen LogP contribution in [0.15, 0.2) is 24.3 Å². The number of carboxylic acids is 1. The third kappa shape index (κ3) is 5.21. The van der Waals surface area contributed by atoms with E-state index in [0.717, 1.165) is 0 Å². The van der Waals surface area contributed by atoms with Gasteiger partial charge in [-0.1, -0.05) is 46.8 Å². The first kappa shape index (κ1) is 17.2. The zero-order valence-electron chi connectivity index (χ0n) is 13.4. The van der Waals surface area contributed by atoms with Crippen LogP contribution in [-0.4, -0.2) is 23.0 Å². The Labute approximate surface area is 126 Å². The van der Waals surface area contributed by atoms with Crippen molar-refractivity contribution in [3.63, 3.8) is 0 Å².